The molecule has 4 nitrogen and oxygen atoms in total. The lowest BCUT2D eigenvalue weighted by atomic mass is 9.87. The first kappa shape index (κ1) is 25.8. The second kappa shape index (κ2) is 12.6. The Bertz CT molecular complexity index is 1050. The van der Waals surface area contributed by atoms with Gasteiger partial charge in [-0.25, -0.2) is 0 Å². The van der Waals surface area contributed by atoms with E-state index in [0.29, 0.717) is 6.42 Å². The van der Waals surface area contributed by atoms with Crippen LogP contribution in [0.15, 0.2) is 78.9 Å². The van der Waals surface area contributed by atoms with Gasteiger partial charge in [0, 0.05) is 19.2 Å². The molecule has 1 heterocycles. The number of likely N-dealkylation sites (N-methyl/N-ethyl adjacent to an activating group) is 1. The van der Waals surface area contributed by atoms with Crippen LogP contribution in [-0.4, -0.2) is 48.0 Å². The van der Waals surface area contributed by atoms with Crippen molar-refractivity contribution < 1.29 is 14.9 Å². The maximum absolute atomic E-state index is 9.83. The number of rotatable bonds is 11. The maximum Gasteiger partial charge on any atom is 0.119 e. The second-order valence-corrected chi connectivity index (χ2v) is 8.70. The summed E-state index contributed by atoms with van der Waals surface area (Å²) in [5, 5.41) is 19.4. The fourth-order valence-electron chi connectivity index (χ4n) is 4.28. The standard InChI is InChI=1S/C29H33NO3.ClH/c1-30-21-25(30)9-6-20-33-27-17-13-24(14-18-27)29(23-11-15-26(32)16-12-23)28(10-5-19-31)22-7-3-2-4-8-22;/h2-4,7-8,11-18,25,31-32H,5-6,9-10,19-21H2,1H3;1H/b29-28-;/t25-,30?;/m1./s1. The molecule has 0 saturated carbocycles. The number of hydrogen-bond donors (Lipinski definition) is 2. The molecule has 180 valence electrons. The number of allylic oxidation sites excluding steroid dienone is 1. The number of nitrogens with zero attached hydrogens (tertiary/aromatic N) is 1. The van der Waals surface area contributed by atoms with Gasteiger partial charge in [0.1, 0.15) is 11.5 Å². The zero-order valence-corrected chi connectivity index (χ0v) is 20.5. The van der Waals surface area contributed by atoms with E-state index >= 15 is 0 Å². The molecule has 1 unspecified atom stereocenters. The van der Waals surface area contributed by atoms with Crippen molar-refractivity contribution >= 4 is 23.6 Å². The number of phenols is 1. The van der Waals surface area contributed by atoms with Gasteiger partial charge in [-0.1, -0.05) is 54.6 Å². The van der Waals surface area contributed by atoms with Crippen LogP contribution < -0.4 is 4.74 Å². The van der Waals surface area contributed by atoms with Crippen molar-refractivity contribution in [1.29, 1.82) is 0 Å². The molecule has 1 saturated heterocycles. The Kier molecular flexibility index (Phi) is 9.58. The smallest absolute Gasteiger partial charge is 0.119 e. The van der Waals surface area contributed by atoms with Gasteiger partial charge in [-0.05, 0) is 84.8 Å². The quantitative estimate of drug-likeness (QED) is 0.200. The summed E-state index contributed by atoms with van der Waals surface area (Å²) >= 11 is 0. The van der Waals surface area contributed by atoms with Gasteiger partial charge in [-0.15, -0.1) is 12.4 Å². The zero-order valence-electron chi connectivity index (χ0n) is 19.7. The molecule has 1 fully saturated rings. The van der Waals surface area contributed by atoms with Crippen molar-refractivity contribution in [2.24, 2.45) is 0 Å². The van der Waals surface area contributed by atoms with E-state index in [1.165, 1.54) is 18.5 Å². The molecule has 1 aliphatic heterocycles. The van der Waals surface area contributed by atoms with Crippen LogP contribution in [0.25, 0.3) is 11.1 Å². The molecule has 0 aliphatic carbocycles. The predicted molar refractivity (Wildman–Crippen MR) is 142 cm³/mol. The number of halogens is 1. The predicted octanol–water partition coefficient (Wildman–Crippen LogP) is 6.02. The molecule has 4 rings (SSSR count). The molecule has 2 atom stereocenters. The molecule has 1 aliphatic rings. The number of benzene rings is 3. The molecule has 3 aromatic rings. The summed E-state index contributed by atoms with van der Waals surface area (Å²) in [4.78, 5) is 2.35. The molecule has 5 heteroatoms. The van der Waals surface area contributed by atoms with E-state index in [1.807, 2.05) is 42.5 Å². The van der Waals surface area contributed by atoms with Crippen LogP contribution in [0.4, 0.5) is 0 Å². The van der Waals surface area contributed by atoms with E-state index in [2.05, 4.69) is 36.2 Å². The average Bonchev–Trinajstić information content (AvgIpc) is 3.56. The van der Waals surface area contributed by atoms with Crippen molar-refractivity contribution in [1.82, 2.24) is 4.90 Å². The zero-order chi connectivity index (χ0) is 23.0. The molecular weight excluding hydrogens is 446 g/mol. The van der Waals surface area contributed by atoms with Gasteiger partial charge in [-0.3, -0.25) is 0 Å². The third-order valence-electron chi connectivity index (χ3n) is 6.25. The SMILES string of the molecule is CN1C[C@H]1CCCOc1ccc(/C(=C(/CCCO)c2ccccc2)c2ccc(O)cc2)cc1.Cl. The minimum atomic E-state index is 0. The number of aromatic hydroxyl groups is 1. The van der Waals surface area contributed by atoms with E-state index in [9.17, 15) is 10.2 Å². The van der Waals surface area contributed by atoms with Crippen molar-refractivity contribution in [2.45, 2.75) is 31.7 Å². The summed E-state index contributed by atoms with van der Waals surface area (Å²) < 4.78 is 5.98. The van der Waals surface area contributed by atoms with Crippen LogP contribution in [0, 0.1) is 0 Å². The largest absolute Gasteiger partial charge is 0.508 e. The summed E-state index contributed by atoms with van der Waals surface area (Å²) in [7, 11) is 2.16. The molecule has 0 radical (unpaired) electrons. The Labute approximate surface area is 208 Å². The van der Waals surface area contributed by atoms with E-state index in [4.69, 9.17) is 4.74 Å². The Hall–Kier alpha value is -2.79. The maximum atomic E-state index is 9.83. The highest BCUT2D eigenvalue weighted by atomic mass is 35.5. The third kappa shape index (κ3) is 6.86. The lowest BCUT2D eigenvalue weighted by molar-refractivity contribution is 0.290. The van der Waals surface area contributed by atoms with Gasteiger partial charge >= 0.3 is 0 Å². The van der Waals surface area contributed by atoms with Crippen LogP contribution in [-0.2, 0) is 0 Å². The van der Waals surface area contributed by atoms with Crippen LogP contribution in [0.3, 0.4) is 0 Å². The summed E-state index contributed by atoms with van der Waals surface area (Å²) in [6.45, 7) is 2.08. The van der Waals surface area contributed by atoms with Crippen molar-refractivity contribution in [2.75, 3.05) is 26.8 Å². The normalized spacial score (nSPS) is 17.5. The lowest BCUT2D eigenvalue weighted by Crippen LogP contribution is -2.02. The Morgan fingerprint density at radius 3 is 2.09 bits per heavy atom. The molecule has 34 heavy (non-hydrogen) atoms. The molecule has 2 N–H and O–H groups in total. The average molecular weight is 480 g/mol. The van der Waals surface area contributed by atoms with Gasteiger partial charge in [0.05, 0.1) is 6.61 Å². The minimum absolute atomic E-state index is 0. The minimum Gasteiger partial charge on any atom is -0.508 e. The summed E-state index contributed by atoms with van der Waals surface area (Å²) in [5.74, 6) is 1.13. The van der Waals surface area contributed by atoms with Gasteiger partial charge in [0.2, 0.25) is 0 Å². The van der Waals surface area contributed by atoms with Gasteiger partial charge in [0.25, 0.3) is 0 Å². The number of phenolic OH excluding ortho intramolecular Hbond substituents is 1. The lowest BCUT2D eigenvalue weighted by Gasteiger charge is -2.18. The Balaban J connectivity index is 0.00000324. The van der Waals surface area contributed by atoms with E-state index in [0.717, 1.165) is 53.5 Å². The van der Waals surface area contributed by atoms with Crippen molar-refractivity contribution in [3.63, 3.8) is 0 Å². The summed E-state index contributed by atoms with van der Waals surface area (Å²) in [6.07, 6.45) is 3.69. The summed E-state index contributed by atoms with van der Waals surface area (Å²) in [6, 6.07) is 26.7. The summed E-state index contributed by atoms with van der Waals surface area (Å²) in [5.41, 5.74) is 5.55. The van der Waals surface area contributed by atoms with Crippen molar-refractivity contribution in [3.8, 4) is 11.5 Å². The first-order valence-corrected chi connectivity index (χ1v) is 11.8. The number of aliphatic hydroxyl groups excluding tert-OH is 1. The van der Waals surface area contributed by atoms with E-state index in [-0.39, 0.29) is 24.8 Å². The topological polar surface area (TPSA) is 52.7 Å². The van der Waals surface area contributed by atoms with Gasteiger partial charge in [-0.2, -0.15) is 0 Å². The molecule has 0 bridgehead atoms. The molecule has 0 amide bonds. The second-order valence-electron chi connectivity index (χ2n) is 8.70. The van der Waals surface area contributed by atoms with Gasteiger partial charge < -0.3 is 19.8 Å². The molecular formula is C29H34ClNO3. The van der Waals surface area contributed by atoms with E-state index in [1.54, 1.807) is 12.1 Å². The third-order valence-corrected chi connectivity index (χ3v) is 6.25. The highest BCUT2D eigenvalue weighted by Gasteiger charge is 2.28. The Morgan fingerprint density at radius 1 is 0.882 bits per heavy atom. The van der Waals surface area contributed by atoms with Crippen LogP contribution in [0.1, 0.15) is 42.4 Å². The Morgan fingerprint density at radius 2 is 1.50 bits per heavy atom. The number of aliphatic hydroxyl groups is 1. The van der Waals surface area contributed by atoms with Crippen LogP contribution in [0.5, 0.6) is 11.5 Å². The molecule has 0 aromatic heterocycles. The van der Waals surface area contributed by atoms with Crippen LogP contribution >= 0.6 is 12.4 Å². The first-order chi connectivity index (χ1) is 16.2. The highest BCUT2D eigenvalue weighted by molar-refractivity contribution is 5.98. The fraction of sp³-hybridized carbons (Fsp3) is 0.310. The highest BCUT2D eigenvalue weighted by Crippen LogP contribution is 2.36. The van der Waals surface area contributed by atoms with E-state index < -0.39 is 0 Å². The number of hydrogen-bond acceptors (Lipinski definition) is 4. The number of ether oxygens (including phenoxy) is 1. The van der Waals surface area contributed by atoms with Gasteiger partial charge in [0.15, 0.2) is 0 Å². The van der Waals surface area contributed by atoms with Crippen molar-refractivity contribution in [3.05, 3.63) is 95.6 Å². The first-order valence-electron chi connectivity index (χ1n) is 11.8. The fourth-order valence-corrected chi connectivity index (χ4v) is 4.28. The monoisotopic (exact) mass is 479 g/mol. The molecule has 0 spiro atoms. The van der Waals surface area contributed by atoms with Crippen LogP contribution in [0.2, 0.25) is 0 Å². The molecule has 3 aromatic carbocycles.